The van der Waals surface area contributed by atoms with Gasteiger partial charge in [-0.3, -0.25) is 0 Å². The highest BCUT2D eigenvalue weighted by Gasteiger charge is 2.32. The Hall–Kier alpha value is -2.35. The van der Waals surface area contributed by atoms with Gasteiger partial charge in [0.15, 0.2) is 0 Å². The molecule has 2 aromatic rings. The molecule has 1 aliphatic heterocycles. The van der Waals surface area contributed by atoms with Gasteiger partial charge in [-0.1, -0.05) is 6.07 Å². The zero-order chi connectivity index (χ0) is 17.0. The number of halogens is 3. The number of nitrogens with zero attached hydrogens (tertiary/aromatic N) is 3. The molecular weight excluding hydrogens is 321 g/mol. The van der Waals surface area contributed by atoms with Crippen LogP contribution in [0.3, 0.4) is 0 Å². The third-order valence-corrected chi connectivity index (χ3v) is 3.79. The molecule has 0 aliphatic carbocycles. The first-order valence-corrected chi connectivity index (χ1v) is 7.66. The van der Waals surface area contributed by atoms with Crippen LogP contribution in [0, 0.1) is 0 Å². The molecule has 1 saturated heterocycles. The van der Waals surface area contributed by atoms with Crippen LogP contribution < -0.4 is 15.0 Å². The Bertz CT molecular complexity index is 643. The highest BCUT2D eigenvalue weighted by atomic mass is 19.4. The van der Waals surface area contributed by atoms with Gasteiger partial charge < -0.3 is 15.0 Å². The predicted molar refractivity (Wildman–Crippen MR) is 83.2 cm³/mol. The van der Waals surface area contributed by atoms with Crippen molar-refractivity contribution in [1.29, 1.82) is 0 Å². The van der Waals surface area contributed by atoms with E-state index in [4.69, 9.17) is 0 Å². The first-order valence-electron chi connectivity index (χ1n) is 7.66. The maximum Gasteiger partial charge on any atom is 0.574 e. The van der Waals surface area contributed by atoms with Crippen molar-refractivity contribution in [3.8, 4) is 5.88 Å². The molecule has 0 aromatic carbocycles. The second-order valence-corrected chi connectivity index (χ2v) is 5.44. The quantitative estimate of drug-likeness (QED) is 0.927. The third-order valence-electron chi connectivity index (χ3n) is 3.79. The standard InChI is InChI=1S/C16H17F3N4O/c17-16(18,19)24-15-5-4-13(11-22-15)23(12-6-9-20-10-7-12)14-3-1-2-8-21-14/h1-5,8,11-12,20H,6-7,9-10H2. The van der Waals surface area contributed by atoms with Gasteiger partial charge in [0.1, 0.15) is 5.82 Å². The number of piperidine rings is 1. The molecule has 128 valence electrons. The van der Waals surface area contributed by atoms with Crippen molar-refractivity contribution in [1.82, 2.24) is 15.3 Å². The summed E-state index contributed by atoms with van der Waals surface area (Å²) < 4.78 is 40.6. The summed E-state index contributed by atoms with van der Waals surface area (Å²) in [5.41, 5.74) is 0.690. The van der Waals surface area contributed by atoms with Gasteiger partial charge in [-0.05, 0) is 44.1 Å². The summed E-state index contributed by atoms with van der Waals surface area (Å²) in [7, 11) is 0. The van der Waals surface area contributed by atoms with E-state index in [9.17, 15) is 13.2 Å². The number of aromatic nitrogens is 2. The van der Waals surface area contributed by atoms with Crippen molar-refractivity contribution in [2.24, 2.45) is 0 Å². The van der Waals surface area contributed by atoms with Crippen molar-refractivity contribution >= 4 is 11.5 Å². The van der Waals surface area contributed by atoms with Crippen LogP contribution in [0.4, 0.5) is 24.7 Å². The summed E-state index contributed by atoms with van der Waals surface area (Å²) in [5.74, 6) is 0.272. The van der Waals surface area contributed by atoms with Crippen molar-refractivity contribution in [3.05, 3.63) is 42.7 Å². The molecule has 1 fully saturated rings. The molecule has 0 bridgehead atoms. The second-order valence-electron chi connectivity index (χ2n) is 5.44. The van der Waals surface area contributed by atoms with Crippen LogP contribution in [0.1, 0.15) is 12.8 Å². The summed E-state index contributed by atoms with van der Waals surface area (Å²) in [6.07, 6.45) is 0.161. The molecule has 8 heteroatoms. The molecule has 0 spiro atoms. The molecule has 1 N–H and O–H groups in total. The zero-order valence-corrected chi connectivity index (χ0v) is 12.8. The van der Waals surface area contributed by atoms with E-state index < -0.39 is 12.2 Å². The largest absolute Gasteiger partial charge is 0.574 e. The number of rotatable bonds is 4. The summed E-state index contributed by atoms with van der Waals surface area (Å²) in [5, 5.41) is 3.30. The first-order chi connectivity index (χ1) is 11.5. The summed E-state index contributed by atoms with van der Waals surface area (Å²) in [6.45, 7) is 1.77. The van der Waals surface area contributed by atoms with E-state index in [2.05, 4.69) is 20.0 Å². The van der Waals surface area contributed by atoms with Gasteiger partial charge in [-0.2, -0.15) is 0 Å². The van der Waals surface area contributed by atoms with Gasteiger partial charge >= 0.3 is 6.36 Å². The summed E-state index contributed by atoms with van der Waals surface area (Å²) in [6, 6.07) is 8.58. The third kappa shape index (κ3) is 4.14. The minimum absolute atomic E-state index is 0.206. The minimum atomic E-state index is -4.75. The average molecular weight is 338 g/mol. The SMILES string of the molecule is FC(F)(F)Oc1ccc(N(c2ccccn2)C2CCNCC2)cn1. The molecule has 0 radical (unpaired) electrons. The molecule has 0 unspecified atom stereocenters. The number of pyridine rings is 2. The van der Waals surface area contributed by atoms with Gasteiger partial charge in [0.25, 0.3) is 0 Å². The van der Waals surface area contributed by atoms with Gasteiger partial charge in [0.2, 0.25) is 5.88 Å². The average Bonchev–Trinajstić information content (AvgIpc) is 2.57. The second kappa shape index (κ2) is 7.04. The number of ether oxygens (including phenoxy) is 1. The van der Waals surface area contributed by atoms with E-state index in [-0.39, 0.29) is 6.04 Å². The fourth-order valence-corrected chi connectivity index (χ4v) is 2.79. The Balaban J connectivity index is 1.87. The Kier molecular flexibility index (Phi) is 4.84. The van der Waals surface area contributed by atoms with Gasteiger partial charge in [0, 0.05) is 18.3 Å². The van der Waals surface area contributed by atoms with E-state index in [1.165, 1.54) is 12.3 Å². The number of hydrogen-bond acceptors (Lipinski definition) is 5. The van der Waals surface area contributed by atoms with Crippen LogP contribution in [-0.2, 0) is 0 Å². The van der Waals surface area contributed by atoms with Crippen LogP contribution >= 0.6 is 0 Å². The highest BCUT2D eigenvalue weighted by molar-refractivity contribution is 5.60. The van der Waals surface area contributed by atoms with Crippen LogP contribution in [0.15, 0.2) is 42.7 Å². The molecular formula is C16H17F3N4O. The van der Waals surface area contributed by atoms with Crippen LogP contribution in [-0.4, -0.2) is 35.5 Å². The lowest BCUT2D eigenvalue weighted by Crippen LogP contribution is -2.41. The minimum Gasteiger partial charge on any atom is -0.388 e. The van der Waals surface area contributed by atoms with Crippen molar-refractivity contribution in [2.75, 3.05) is 18.0 Å². The number of alkyl halides is 3. The van der Waals surface area contributed by atoms with Gasteiger partial charge in [0.05, 0.1) is 11.9 Å². The number of anilines is 2. The molecule has 3 rings (SSSR count). The first kappa shape index (κ1) is 16.5. The zero-order valence-electron chi connectivity index (χ0n) is 12.8. The normalized spacial score (nSPS) is 16.0. The number of hydrogen-bond donors (Lipinski definition) is 1. The van der Waals surface area contributed by atoms with Crippen LogP contribution in [0.2, 0.25) is 0 Å². The van der Waals surface area contributed by atoms with Crippen molar-refractivity contribution in [2.45, 2.75) is 25.2 Å². The summed E-state index contributed by atoms with van der Waals surface area (Å²) in [4.78, 5) is 10.2. The lowest BCUT2D eigenvalue weighted by Gasteiger charge is -2.35. The predicted octanol–water partition coefficient (Wildman–Crippen LogP) is 3.27. The maximum atomic E-state index is 12.3. The molecule has 0 saturated carbocycles. The number of nitrogens with one attached hydrogen (secondary N) is 1. The van der Waals surface area contributed by atoms with Crippen molar-refractivity contribution in [3.63, 3.8) is 0 Å². The van der Waals surface area contributed by atoms with E-state index in [1.807, 2.05) is 23.1 Å². The maximum absolute atomic E-state index is 12.3. The molecule has 3 heterocycles. The fraction of sp³-hybridized carbons (Fsp3) is 0.375. The van der Waals surface area contributed by atoms with Gasteiger partial charge in [-0.25, -0.2) is 9.97 Å². The van der Waals surface area contributed by atoms with Crippen LogP contribution in [0.25, 0.3) is 0 Å². The monoisotopic (exact) mass is 338 g/mol. The van der Waals surface area contributed by atoms with E-state index in [0.29, 0.717) is 5.69 Å². The molecule has 5 nitrogen and oxygen atoms in total. The van der Waals surface area contributed by atoms with E-state index >= 15 is 0 Å². The van der Waals surface area contributed by atoms with Crippen LogP contribution in [0.5, 0.6) is 5.88 Å². The Morgan fingerprint density at radius 2 is 1.88 bits per heavy atom. The molecule has 0 amide bonds. The topological polar surface area (TPSA) is 50.3 Å². The Morgan fingerprint density at radius 1 is 1.08 bits per heavy atom. The van der Waals surface area contributed by atoms with E-state index in [0.717, 1.165) is 31.7 Å². The smallest absolute Gasteiger partial charge is 0.388 e. The molecule has 2 aromatic heterocycles. The van der Waals surface area contributed by atoms with Gasteiger partial charge in [-0.15, -0.1) is 13.2 Å². The van der Waals surface area contributed by atoms with Crippen molar-refractivity contribution < 1.29 is 17.9 Å². The summed E-state index contributed by atoms with van der Waals surface area (Å²) >= 11 is 0. The van der Waals surface area contributed by atoms with E-state index in [1.54, 1.807) is 12.3 Å². The molecule has 0 atom stereocenters. The molecule has 1 aliphatic rings. The lowest BCUT2D eigenvalue weighted by atomic mass is 10.0. The fourth-order valence-electron chi connectivity index (χ4n) is 2.79. The highest BCUT2D eigenvalue weighted by Crippen LogP contribution is 2.30. The molecule has 24 heavy (non-hydrogen) atoms. The Labute approximate surface area is 137 Å². The lowest BCUT2D eigenvalue weighted by molar-refractivity contribution is -0.276. The Morgan fingerprint density at radius 3 is 2.46 bits per heavy atom.